The van der Waals surface area contributed by atoms with Crippen LogP contribution in [0.15, 0.2) is 0 Å². The van der Waals surface area contributed by atoms with Crippen LogP contribution in [0.2, 0.25) is 0 Å². The van der Waals surface area contributed by atoms with Crippen LogP contribution >= 0.6 is 11.6 Å². The number of hydrogen-bond acceptors (Lipinski definition) is 4. The number of rotatable bonds is 6. The molecule has 1 saturated heterocycles. The van der Waals surface area contributed by atoms with E-state index < -0.39 is 15.2 Å². The van der Waals surface area contributed by atoms with Crippen LogP contribution in [0, 0.1) is 5.92 Å². The van der Waals surface area contributed by atoms with Crippen molar-refractivity contribution in [3.8, 4) is 0 Å². The lowest BCUT2D eigenvalue weighted by atomic mass is 9.97. The number of piperidine rings is 1. The minimum atomic E-state index is -3.36. The number of alkyl halides is 1. The minimum absolute atomic E-state index is 0.0483. The molecule has 0 bridgehead atoms. The van der Waals surface area contributed by atoms with Crippen molar-refractivity contribution in [1.29, 1.82) is 0 Å². The molecule has 1 rings (SSSR count). The molecule has 0 spiro atoms. The van der Waals surface area contributed by atoms with Gasteiger partial charge in [0.1, 0.15) is 5.21 Å². The monoisotopic (exact) mass is 298 g/mol. The molecule has 0 saturated carbocycles. The van der Waals surface area contributed by atoms with Gasteiger partial charge in [-0.05, 0) is 19.3 Å². The molecule has 18 heavy (non-hydrogen) atoms. The SMILES string of the molecule is O=C(NCCCO)C1CCN(S(=O)(=O)CCl)CC1. The molecule has 0 aromatic heterocycles. The largest absolute Gasteiger partial charge is 0.396 e. The highest BCUT2D eigenvalue weighted by Crippen LogP contribution is 2.20. The van der Waals surface area contributed by atoms with E-state index in [-0.39, 0.29) is 18.4 Å². The van der Waals surface area contributed by atoms with Crippen LogP contribution in [0.1, 0.15) is 19.3 Å². The van der Waals surface area contributed by atoms with Gasteiger partial charge in [0.15, 0.2) is 0 Å². The Morgan fingerprint density at radius 3 is 2.50 bits per heavy atom. The van der Waals surface area contributed by atoms with Crippen LogP contribution < -0.4 is 5.32 Å². The number of nitrogens with one attached hydrogen (secondary N) is 1. The van der Waals surface area contributed by atoms with Gasteiger partial charge in [-0.2, -0.15) is 0 Å². The molecule has 1 aliphatic heterocycles. The van der Waals surface area contributed by atoms with Gasteiger partial charge >= 0.3 is 0 Å². The molecule has 0 aliphatic carbocycles. The van der Waals surface area contributed by atoms with Gasteiger partial charge in [0, 0.05) is 32.2 Å². The van der Waals surface area contributed by atoms with E-state index in [0.717, 1.165) is 0 Å². The topological polar surface area (TPSA) is 86.7 Å². The maximum atomic E-state index is 11.7. The van der Waals surface area contributed by atoms with Gasteiger partial charge in [0.05, 0.1) is 0 Å². The van der Waals surface area contributed by atoms with Gasteiger partial charge in [-0.25, -0.2) is 12.7 Å². The fourth-order valence-corrected chi connectivity index (χ4v) is 3.22. The van der Waals surface area contributed by atoms with Gasteiger partial charge in [0.2, 0.25) is 15.9 Å². The number of aliphatic hydroxyl groups is 1. The Labute approximate surface area is 112 Å². The second-order valence-corrected chi connectivity index (χ2v) is 6.82. The van der Waals surface area contributed by atoms with Gasteiger partial charge in [-0.1, -0.05) is 0 Å². The quantitative estimate of drug-likeness (QED) is 0.522. The lowest BCUT2D eigenvalue weighted by molar-refractivity contribution is -0.126. The zero-order valence-corrected chi connectivity index (χ0v) is 11.7. The number of halogens is 1. The number of amides is 1. The highest BCUT2D eigenvalue weighted by molar-refractivity contribution is 7.90. The van der Waals surface area contributed by atoms with Crippen LogP contribution in [-0.2, 0) is 14.8 Å². The van der Waals surface area contributed by atoms with Gasteiger partial charge in [-0.3, -0.25) is 4.79 Å². The second kappa shape index (κ2) is 7.28. The van der Waals surface area contributed by atoms with Gasteiger partial charge in [-0.15, -0.1) is 11.6 Å². The number of nitrogens with zero attached hydrogens (tertiary/aromatic N) is 1. The van der Waals surface area contributed by atoms with E-state index in [1.54, 1.807) is 0 Å². The molecule has 0 atom stereocenters. The first-order chi connectivity index (χ1) is 8.51. The van der Waals surface area contributed by atoms with Crippen molar-refractivity contribution in [3.63, 3.8) is 0 Å². The van der Waals surface area contributed by atoms with Crippen molar-refractivity contribution in [2.24, 2.45) is 5.92 Å². The van der Waals surface area contributed by atoms with E-state index in [1.165, 1.54) is 4.31 Å². The first kappa shape index (κ1) is 15.7. The Balaban J connectivity index is 2.37. The van der Waals surface area contributed by atoms with Crippen molar-refractivity contribution >= 4 is 27.5 Å². The molecule has 0 unspecified atom stereocenters. The number of hydrogen-bond donors (Lipinski definition) is 2. The highest BCUT2D eigenvalue weighted by Gasteiger charge is 2.30. The average molecular weight is 299 g/mol. The summed E-state index contributed by atoms with van der Waals surface area (Å²) in [5, 5.41) is 10.9. The number of carbonyl (C=O) groups excluding carboxylic acids is 1. The summed E-state index contributed by atoms with van der Waals surface area (Å²) >= 11 is 5.38. The van der Waals surface area contributed by atoms with E-state index in [0.29, 0.717) is 38.9 Å². The van der Waals surface area contributed by atoms with Crippen molar-refractivity contribution in [3.05, 3.63) is 0 Å². The molecule has 1 fully saturated rings. The summed E-state index contributed by atoms with van der Waals surface area (Å²) in [5.41, 5.74) is 0. The molecule has 8 heteroatoms. The predicted molar refractivity (Wildman–Crippen MR) is 68.6 cm³/mol. The first-order valence-electron chi connectivity index (χ1n) is 5.93. The van der Waals surface area contributed by atoms with Crippen molar-refractivity contribution in [1.82, 2.24) is 9.62 Å². The Bertz CT molecular complexity index is 366. The zero-order valence-electron chi connectivity index (χ0n) is 10.1. The Morgan fingerprint density at radius 2 is 2.00 bits per heavy atom. The summed E-state index contributed by atoms with van der Waals surface area (Å²) in [5.74, 6) is -0.211. The average Bonchev–Trinajstić information content (AvgIpc) is 2.39. The minimum Gasteiger partial charge on any atom is -0.396 e. The van der Waals surface area contributed by atoms with Gasteiger partial charge in [0.25, 0.3) is 0 Å². The van der Waals surface area contributed by atoms with Crippen molar-refractivity contribution < 1.29 is 18.3 Å². The summed E-state index contributed by atoms with van der Waals surface area (Å²) in [6.07, 6.45) is 1.56. The normalized spacial score (nSPS) is 18.8. The molecule has 0 radical (unpaired) electrons. The third-order valence-electron chi connectivity index (χ3n) is 2.99. The van der Waals surface area contributed by atoms with Crippen LogP contribution in [0.5, 0.6) is 0 Å². The molecular weight excluding hydrogens is 280 g/mol. The second-order valence-electron chi connectivity index (χ2n) is 4.26. The maximum absolute atomic E-state index is 11.7. The summed E-state index contributed by atoms with van der Waals surface area (Å²) in [6.45, 7) is 1.18. The molecule has 1 aliphatic rings. The van der Waals surface area contributed by atoms with Gasteiger partial charge < -0.3 is 10.4 Å². The summed E-state index contributed by atoms with van der Waals surface area (Å²) in [7, 11) is -3.36. The lowest BCUT2D eigenvalue weighted by Gasteiger charge is -2.29. The van der Waals surface area contributed by atoms with Crippen LogP contribution in [0.25, 0.3) is 0 Å². The first-order valence-corrected chi connectivity index (χ1v) is 8.08. The van der Waals surface area contributed by atoms with Crippen LogP contribution in [0.4, 0.5) is 0 Å². The number of aliphatic hydroxyl groups excluding tert-OH is 1. The van der Waals surface area contributed by atoms with E-state index in [2.05, 4.69) is 5.32 Å². The smallest absolute Gasteiger partial charge is 0.228 e. The third-order valence-corrected chi connectivity index (χ3v) is 5.25. The molecule has 6 nitrogen and oxygen atoms in total. The highest BCUT2D eigenvalue weighted by atomic mass is 35.5. The fraction of sp³-hybridized carbons (Fsp3) is 0.900. The van der Waals surface area contributed by atoms with Crippen molar-refractivity contribution in [2.75, 3.05) is 31.5 Å². The van der Waals surface area contributed by atoms with E-state index >= 15 is 0 Å². The summed E-state index contributed by atoms with van der Waals surface area (Å²) in [6, 6.07) is 0. The fourth-order valence-electron chi connectivity index (χ4n) is 1.90. The standard InChI is InChI=1S/C10H19ClN2O4S/c11-8-18(16,17)13-5-2-9(3-6-13)10(15)12-4-1-7-14/h9,14H,1-8H2,(H,12,15). The molecule has 1 amide bonds. The van der Waals surface area contributed by atoms with Crippen LogP contribution in [0.3, 0.4) is 0 Å². The lowest BCUT2D eigenvalue weighted by Crippen LogP contribution is -2.43. The van der Waals surface area contributed by atoms with Crippen molar-refractivity contribution in [2.45, 2.75) is 19.3 Å². The zero-order chi connectivity index (χ0) is 13.6. The molecule has 0 aromatic carbocycles. The number of carbonyl (C=O) groups is 1. The summed E-state index contributed by atoms with van der Waals surface area (Å²) in [4.78, 5) is 11.7. The predicted octanol–water partition coefficient (Wildman–Crippen LogP) is -0.277. The Morgan fingerprint density at radius 1 is 1.39 bits per heavy atom. The third kappa shape index (κ3) is 4.38. The molecular formula is C10H19ClN2O4S. The molecule has 106 valence electrons. The van der Waals surface area contributed by atoms with E-state index in [1.807, 2.05) is 0 Å². The maximum Gasteiger partial charge on any atom is 0.228 e. The molecule has 1 heterocycles. The van der Waals surface area contributed by atoms with Crippen LogP contribution in [-0.4, -0.2) is 55.2 Å². The molecule has 0 aromatic rings. The van der Waals surface area contributed by atoms with E-state index in [4.69, 9.17) is 16.7 Å². The Hall–Kier alpha value is -0.370. The Kier molecular flexibility index (Phi) is 6.34. The van der Waals surface area contributed by atoms with E-state index in [9.17, 15) is 13.2 Å². The molecule has 2 N–H and O–H groups in total. The number of sulfonamides is 1. The summed E-state index contributed by atoms with van der Waals surface area (Å²) < 4.78 is 24.3.